The van der Waals surface area contributed by atoms with Crippen LogP contribution in [-0.4, -0.2) is 11.2 Å². The quantitative estimate of drug-likeness (QED) is 0.692. The lowest BCUT2D eigenvalue weighted by Crippen LogP contribution is -2.15. The third-order valence-corrected chi connectivity index (χ3v) is 2.29. The van der Waals surface area contributed by atoms with Gasteiger partial charge in [-0.3, -0.25) is 0 Å². The summed E-state index contributed by atoms with van der Waals surface area (Å²) in [4.78, 5) is 0. The number of hydrogen-bond acceptors (Lipinski definition) is 1. The summed E-state index contributed by atoms with van der Waals surface area (Å²) in [6.07, 6.45) is 2.22. The molecular weight excluding hydrogens is 148 g/mol. The second kappa shape index (κ2) is 9.05. The molecule has 0 fully saturated rings. The average molecular weight is 174 g/mol. The molecule has 0 saturated heterocycles. The molecule has 12 heavy (non-hydrogen) atoms. The van der Waals surface area contributed by atoms with Crippen LogP contribution in [0.4, 0.5) is 0 Å². The smallest absolute Gasteiger partial charge is 0.0537 e. The molecular formula is C11H26O. The van der Waals surface area contributed by atoms with Gasteiger partial charge in [-0.1, -0.05) is 41.0 Å². The van der Waals surface area contributed by atoms with Crippen molar-refractivity contribution >= 4 is 0 Å². The van der Waals surface area contributed by atoms with Crippen molar-refractivity contribution in [3.8, 4) is 0 Å². The summed E-state index contributed by atoms with van der Waals surface area (Å²) in [5.41, 5.74) is 0. The highest BCUT2D eigenvalue weighted by molar-refractivity contribution is 4.62. The van der Waals surface area contributed by atoms with E-state index in [4.69, 9.17) is 5.11 Å². The average Bonchev–Trinajstić information content (AvgIpc) is 2.07. The van der Waals surface area contributed by atoms with E-state index in [9.17, 15) is 0 Å². The third-order valence-electron chi connectivity index (χ3n) is 2.29. The minimum Gasteiger partial charge on any atom is -0.393 e. The van der Waals surface area contributed by atoms with E-state index >= 15 is 0 Å². The molecule has 1 nitrogen and oxygen atoms in total. The van der Waals surface area contributed by atoms with Crippen molar-refractivity contribution in [3.63, 3.8) is 0 Å². The van der Waals surface area contributed by atoms with Crippen molar-refractivity contribution in [2.75, 3.05) is 0 Å². The summed E-state index contributed by atoms with van der Waals surface area (Å²) in [7, 11) is 0. The fourth-order valence-electron chi connectivity index (χ4n) is 0.998. The van der Waals surface area contributed by atoms with Crippen LogP contribution in [0.25, 0.3) is 0 Å². The number of aliphatic hydroxyl groups is 1. The molecule has 0 aromatic rings. The highest BCUT2D eigenvalue weighted by atomic mass is 16.3. The SMILES string of the molecule is CC.CCC(C)CC(C)C(C)O. The Morgan fingerprint density at radius 3 is 1.75 bits per heavy atom. The molecule has 1 heteroatoms. The van der Waals surface area contributed by atoms with Crippen LogP contribution in [0.1, 0.15) is 54.4 Å². The van der Waals surface area contributed by atoms with E-state index in [0.29, 0.717) is 5.92 Å². The van der Waals surface area contributed by atoms with Gasteiger partial charge in [0.05, 0.1) is 6.10 Å². The highest BCUT2D eigenvalue weighted by Crippen LogP contribution is 2.17. The van der Waals surface area contributed by atoms with Crippen LogP contribution in [0.5, 0.6) is 0 Å². The second-order valence-electron chi connectivity index (χ2n) is 3.47. The van der Waals surface area contributed by atoms with Crippen molar-refractivity contribution in [3.05, 3.63) is 0 Å². The van der Waals surface area contributed by atoms with Gasteiger partial charge in [0.1, 0.15) is 0 Å². The third kappa shape index (κ3) is 8.06. The minimum absolute atomic E-state index is 0.144. The molecule has 76 valence electrons. The van der Waals surface area contributed by atoms with E-state index in [0.717, 1.165) is 12.3 Å². The Kier molecular flexibility index (Phi) is 10.9. The highest BCUT2D eigenvalue weighted by Gasteiger charge is 2.11. The van der Waals surface area contributed by atoms with Gasteiger partial charge >= 0.3 is 0 Å². The molecule has 0 aliphatic carbocycles. The minimum atomic E-state index is -0.144. The predicted molar refractivity (Wildman–Crippen MR) is 56.3 cm³/mol. The van der Waals surface area contributed by atoms with Crippen molar-refractivity contribution in [1.29, 1.82) is 0 Å². The van der Waals surface area contributed by atoms with E-state index in [2.05, 4.69) is 20.8 Å². The van der Waals surface area contributed by atoms with Crippen LogP contribution in [0.2, 0.25) is 0 Å². The first-order chi connectivity index (χ1) is 5.57. The number of aliphatic hydroxyl groups excluding tert-OH is 1. The fourth-order valence-corrected chi connectivity index (χ4v) is 0.998. The largest absolute Gasteiger partial charge is 0.393 e. The van der Waals surface area contributed by atoms with Crippen LogP contribution < -0.4 is 0 Å². The molecule has 1 N–H and O–H groups in total. The molecule has 0 aliphatic rings. The molecule has 0 amide bonds. The summed E-state index contributed by atoms with van der Waals surface area (Å²) in [6, 6.07) is 0. The summed E-state index contributed by atoms with van der Waals surface area (Å²) < 4.78 is 0. The second-order valence-corrected chi connectivity index (χ2v) is 3.47. The maximum absolute atomic E-state index is 9.17. The van der Waals surface area contributed by atoms with E-state index in [-0.39, 0.29) is 6.10 Å². The topological polar surface area (TPSA) is 20.2 Å². The lowest BCUT2D eigenvalue weighted by Gasteiger charge is -2.17. The predicted octanol–water partition coefficient (Wildman–Crippen LogP) is 3.47. The van der Waals surface area contributed by atoms with Crippen LogP contribution in [0, 0.1) is 11.8 Å². The fraction of sp³-hybridized carbons (Fsp3) is 1.00. The lowest BCUT2D eigenvalue weighted by molar-refractivity contribution is 0.120. The first-order valence-electron chi connectivity index (χ1n) is 5.26. The van der Waals surface area contributed by atoms with Crippen LogP contribution in [0.15, 0.2) is 0 Å². The van der Waals surface area contributed by atoms with Gasteiger partial charge < -0.3 is 5.11 Å². The molecule has 0 aromatic heterocycles. The Hall–Kier alpha value is -0.0400. The summed E-state index contributed by atoms with van der Waals surface area (Å²) in [5.74, 6) is 1.21. The Bertz CT molecular complexity index is 79.1. The van der Waals surface area contributed by atoms with Gasteiger partial charge in [-0.05, 0) is 25.2 Å². The molecule has 0 spiro atoms. The summed E-state index contributed by atoms with van der Waals surface area (Å²) >= 11 is 0. The summed E-state index contributed by atoms with van der Waals surface area (Å²) in [5, 5.41) is 9.17. The van der Waals surface area contributed by atoms with E-state index in [1.54, 1.807) is 0 Å². The molecule has 0 rings (SSSR count). The van der Waals surface area contributed by atoms with Gasteiger partial charge in [0.25, 0.3) is 0 Å². The maximum atomic E-state index is 9.17. The van der Waals surface area contributed by atoms with Gasteiger partial charge in [-0.25, -0.2) is 0 Å². The molecule has 0 aromatic carbocycles. The van der Waals surface area contributed by atoms with E-state index < -0.39 is 0 Å². The molecule has 0 aliphatic heterocycles. The summed E-state index contributed by atoms with van der Waals surface area (Å²) in [6.45, 7) is 12.4. The van der Waals surface area contributed by atoms with Crippen LogP contribution in [0.3, 0.4) is 0 Å². The van der Waals surface area contributed by atoms with E-state index in [1.807, 2.05) is 20.8 Å². The monoisotopic (exact) mass is 174 g/mol. The Morgan fingerprint density at radius 2 is 1.50 bits per heavy atom. The van der Waals surface area contributed by atoms with Crippen molar-refractivity contribution < 1.29 is 5.11 Å². The maximum Gasteiger partial charge on any atom is 0.0537 e. The number of hydrogen-bond donors (Lipinski definition) is 1. The van der Waals surface area contributed by atoms with Crippen molar-refractivity contribution in [2.24, 2.45) is 11.8 Å². The Morgan fingerprint density at radius 1 is 1.08 bits per heavy atom. The number of rotatable bonds is 4. The zero-order valence-corrected chi connectivity index (χ0v) is 9.59. The molecule has 3 unspecified atom stereocenters. The lowest BCUT2D eigenvalue weighted by atomic mass is 9.92. The van der Waals surface area contributed by atoms with Crippen LogP contribution >= 0.6 is 0 Å². The van der Waals surface area contributed by atoms with Crippen molar-refractivity contribution in [2.45, 2.75) is 60.5 Å². The van der Waals surface area contributed by atoms with Crippen molar-refractivity contribution in [1.82, 2.24) is 0 Å². The molecule has 3 atom stereocenters. The first-order valence-corrected chi connectivity index (χ1v) is 5.26. The molecule has 0 heterocycles. The molecule has 0 saturated carbocycles. The first kappa shape index (κ1) is 14.5. The normalized spacial score (nSPS) is 17.2. The van der Waals surface area contributed by atoms with Gasteiger partial charge in [0.2, 0.25) is 0 Å². The Labute approximate surface area is 78.2 Å². The van der Waals surface area contributed by atoms with E-state index in [1.165, 1.54) is 6.42 Å². The molecule has 0 bridgehead atoms. The van der Waals surface area contributed by atoms with Gasteiger partial charge in [0.15, 0.2) is 0 Å². The zero-order chi connectivity index (χ0) is 10.1. The standard InChI is InChI=1S/C9H20O.C2H6/c1-5-7(2)6-8(3)9(4)10;1-2/h7-10H,5-6H2,1-4H3;1-2H3. The van der Waals surface area contributed by atoms with Gasteiger partial charge in [-0.15, -0.1) is 0 Å². The van der Waals surface area contributed by atoms with Crippen LogP contribution in [-0.2, 0) is 0 Å². The Balaban J connectivity index is 0. The van der Waals surface area contributed by atoms with Gasteiger partial charge in [0, 0.05) is 0 Å². The van der Waals surface area contributed by atoms with Gasteiger partial charge in [-0.2, -0.15) is 0 Å². The zero-order valence-electron chi connectivity index (χ0n) is 9.59. The molecule has 0 radical (unpaired) electrons.